The van der Waals surface area contributed by atoms with Gasteiger partial charge < -0.3 is 4.42 Å². The Labute approximate surface area is 191 Å². The molecule has 1 aliphatic carbocycles. The lowest BCUT2D eigenvalue weighted by Gasteiger charge is -2.28. The van der Waals surface area contributed by atoms with Crippen molar-refractivity contribution >= 4 is 21.7 Å². The molecule has 0 atom stereocenters. The third kappa shape index (κ3) is 4.92. The van der Waals surface area contributed by atoms with Crippen LogP contribution in [-0.4, -0.2) is 0 Å². The highest BCUT2D eigenvalue weighted by Crippen LogP contribution is 2.38. The molecule has 2 nitrogen and oxygen atoms in total. The summed E-state index contributed by atoms with van der Waals surface area (Å²) in [6, 6.07) is 9.95. The van der Waals surface area contributed by atoms with Crippen molar-refractivity contribution < 1.29 is 8.81 Å². The molecule has 0 radical (unpaired) electrons. The fraction of sp³-hybridized carbons (Fsp3) is 0.552. The first-order valence-corrected chi connectivity index (χ1v) is 12.8. The van der Waals surface area contributed by atoms with Crippen LogP contribution in [0.5, 0.6) is 0 Å². The fourth-order valence-electron chi connectivity index (χ4n) is 5.47. The summed E-state index contributed by atoms with van der Waals surface area (Å²) in [6.07, 6.45) is 13.9. The first-order valence-electron chi connectivity index (χ1n) is 12.8. The molecule has 1 aromatic heterocycles. The second-order valence-electron chi connectivity index (χ2n) is 9.75. The first kappa shape index (κ1) is 23.0. The maximum absolute atomic E-state index is 15.2. The van der Waals surface area contributed by atoms with E-state index < -0.39 is 5.63 Å². The Hall–Kier alpha value is -2.16. The zero-order valence-electron chi connectivity index (χ0n) is 19.7. The highest BCUT2D eigenvalue weighted by atomic mass is 19.1. The Balaban J connectivity index is 1.57. The molecular weight excluding hydrogens is 399 g/mol. The standard InChI is InChI=1S/C29H37FO2/c1-3-5-6-7-8-9-10-22-15-18-25-24-17-16-23(21-13-11-20(4-2)12-14-21)19-26(24)29(31)32-28(25)27(22)30/h15-21H,3-14H2,1-2H3. The highest BCUT2D eigenvalue weighted by molar-refractivity contribution is 6.04. The predicted molar refractivity (Wildman–Crippen MR) is 132 cm³/mol. The van der Waals surface area contributed by atoms with Gasteiger partial charge in [-0.1, -0.05) is 76.6 Å². The molecule has 0 aliphatic heterocycles. The molecule has 3 heteroatoms. The van der Waals surface area contributed by atoms with E-state index in [1.807, 2.05) is 24.3 Å². The smallest absolute Gasteiger partial charge is 0.344 e. The highest BCUT2D eigenvalue weighted by Gasteiger charge is 2.22. The number of hydrogen-bond acceptors (Lipinski definition) is 2. The predicted octanol–water partition coefficient (Wildman–Crippen LogP) is 8.67. The van der Waals surface area contributed by atoms with Crippen LogP contribution < -0.4 is 5.63 Å². The van der Waals surface area contributed by atoms with Gasteiger partial charge in [-0.25, -0.2) is 9.18 Å². The zero-order valence-corrected chi connectivity index (χ0v) is 19.7. The molecular formula is C29H37FO2. The maximum Gasteiger partial charge on any atom is 0.344 e. The molecule has 1 fully saturated rings. The first-order chi connectivity index (χ1) is 15.6. The van der Waals surface area contributed by atoms with Crippen LogP contribution in [0.3, 0.4) is 0 Å². The minimum atomic E-state index is -0.424. The van der Waals surface area contributed by atoms with Gasteiger partial charge in [-0.15, -0.1) is 0 Å². The van der Waals surface area contributed by atoms with Crippen molar-refractivity contribution in [3.63, 3.8) is 0 Å². The number of hydrogen-bond donors (Lipinski definition) is 0. The van der Waals surface area contributed by atoms with E-state index in [0.717, 1.165) is 24.1 Å². The zero-order chi connectivity index (χ0) is 22.5. The molecule has 3 aromatic rings. The lowest BCUT2D eigenvalue weighted by molar-refractivity contribution is 0.319. The number of benzene rings is 2. The van der Waals surface area contributed by atoms with E-state index in [1.165, 1.54) is 63.4 Å². The van der Waals surface area contributed by atoms with Gasteiger partial charge in [0.15, 0.2) is 11.4 Å². The van der Waals surface area contributed by atoms with Gasteiger partial charge in [0, 0.05) is 10.8 Å². The molecule has 1 aliphatic rings. The lowest BCUT2D eigenvalue weighted by atomic mass is 9.77. The van der Waals surface area contributed by atoms with Crippen LogP contribution in [-0.2, 0) is 6.42 Å². The molecule has 0 spiro atoms. The summed E-state index contributed by atoms with van der Waals surface area (Å²) in [7, 11) is 0. The van der Waals surface area contributed by atoms with Crippen molar-refractivity contribution in [2.45, 2.75) is 96.8 Å². The molecule has 32 heavy (non-hydrogen) atoms. The molecule has 0 bridgehead atoms. The van der Waals surface area contributed by atoms with Crippen molar-refractivity contribution in [1.29, 1.82) is 0 Å². The second kappa shape index (κ2) is 10.6. The minimum absolute atomic E-state index is 0.113. The van der Waals surface area contributed by atoms with E-state index in [4.69, 9.17) is 4.42 Å². The lowest BCUT2D eigenvalue weighted by Crippen LogP contribution is -2.13. The average Bonchev–Trinajstić information content (AvgIpc) is 2.83. The van der Waals surface area contributed by atoms with Gasteiger partial charge in [0.2, 0.25) is 0 Å². The summed E-state index contributed by atoms with van der Waals surface area (Å²) in [4.78, 5) is 12.8. The van der Waals surface area contributed by atoms with Crippen molar-refractivity contribution in [2.75, 3.05) is 0 Å². The average molecular weight is 437 g/mol. The van der Waals surface area contributed by atoms with Crippen LogP contribution in [0.25, 0.3) is 21.7 Å². The Morgan fingerprint density at radius 1 is 0.875 bits per heavy atom. The summed E-state index contributed by atoms with van der Waals surface area (Å²) in [5, 5.41) is 2.08. The Bertz CT molecular complexity index is 1110. The molecule has 172 valence electrons. The van der Waals surface area contributed by atoms with Gasteiger partial charge in [-0.2, -0.15) is 0 Å². The molecule has 0 amide bonds. The number of fused-ring (bicyclic) bond motifs is 3. The van der Waals surface area contributed by atoms with E-state index in [1.54, 1.807) is 0 Å². The minimum Gasteiger partial charge on any atom is -0.419 e. The van der Waals surface area contributed by atoms with Gasteiger partial charge in [-0.3, -0.25) is 0 Å². The second-order valence-corrected chi connectivity index (χ2v) is 9.75. The number of rotatable bonds is 9. The van der Waals surface area contributed by atoms with E-state index in [0.29, 0.717) is 28.7 Å². The quantitative estimate of drug-likeness (QED) is 0.191. The van der Waals surface area contributed by atoms with E-state index in [9.17, 15) is 4.79 Å². The van der Waals surface area contributed by atoms with Gasteiger partial charge in [0.1, 0.15) is 0 Å². The summed E-state index contributed by atoms with van der Waals surface area (Å²) in [5.41, 5.74) is 1.56. The Kier molecular flexibility index (Phi) is 7.65. The molecule has 4 rings (SSSR count). The summed E-state index contributed by atoms with van der Waals surface area (Å²) in [6.45, 7) is 4.48. The number of halogens is 1. The van der Waals surface area contributed by atoms with Gasteiger partial charge >= 0.3 is 5.63 Å². The van der Waals surface area contributed by atoms with Crippen molar-refractivity contribution in [2.24, 2.45) is 5.92 Å². The SMILES string of the molecule is CCCCCCCCc1ccc2c(oc(=O)c3cc(C4CCC(CC)CC4)ccc32)c1F. The van der Waals surface area contributed by atoms with E-state index >= 15 is 4.39 Å². The van der Waals surface area contributed by atoms with E-state index in [-0.39, 0.29) is 11.4 Å². The van der Waals surface area contributed by atoms with Crippen LogP contribution in [0.2, 0.25) is 0 Å². The van der Waals surface area contributed by atoms with Crippen molar-refractivity contribution in [3.8, 4) is 0 Å². The van der Waals surface area contributed by atoms with Crippen LogP contribution in [0.1, 0.15) is 102 Å². The molecule has 1 saturated carbocycles. The van der Waals surface area contributed by atoms with Crippen LogP contribution in [0.15, 0.2) is 39.5 Å². The normalized spacial score (nSPS) is 19.1. The Morgan fingerprint density at radius 2 is 1.59 bits per heavy atom. The van der Waals surface area contributed by atoms with Gasteiger partial charge in [0.05, 0.1) is 5.39 Å². The van der Waals surface area contributed by atoms with Gasteiger partial charge in [-0.05, 0) is 67.6 Å². The topological polar surface area (TPSA) is 30.2 Å². The molecule has 2 aromatic carbocycles. The Morgan fingerprint density at radius 3 is 2.34 bits per heavy atom. The molecule has 0 saturated heterocycles. The molecule has 1 heterocycles. The summed E-state index contributed by atoms with van der Waals surface area (Å²) < 4.78 is 20.8. The third-order valence-corrected chi connectivity index (χ3v) is 7.62. The van der Waals surface area contributed by atoms with E-state index in [2.05, 4.69) is 19.9 Å². The van der Waals surface area contributed by atoms with Crippen LogP contribution in [0, 0.1) is 11.7 Å². The summed E-state index contributed by atoms with van der Waals surface area (Å²) >= 11 is 0. The van der Waals surface area contributed by atoms with Crippen LogP contribution >= 0.6 is 0 Å². The molecule has 0 N–H and O–H groups in total. The molecule has 0 unspecified atom stereocenters. The number of unbranched alkanes of at least 4 members (excludes halogenated alkanes) is 5. The largest absolute Gasteiger partial charge is 0.419 e. The van der Waals surface area contributed by atoms with Crippen molar-refractivity contribution in [1.82, 2.24) is 0 Å². The van der Waals surface area contributed by atoms with Gasteiger partial charge in [0.25, 0.3) is 0 Å². The van der Waals surface area contributed by atoms with Crippen LogP contribution in [0.4, 0.5) is 4.39 Å². The summed E-state index contributed by atoms with van der Waals surface area (Å²) in [5.74, 6) is 0.986. The third-order valence-electron chi connectivity index (χ3n) is 7.62. The van der Waals surface area contributed by atoms with Crippen molar-refractivity contribution in [3.05, 3.63) is 57.7 Å². The fourth-order valence-corrected chi connectivity index (χ4v) is 5.47. The maximum atomic E-state index is 15.2. The monoisotopic (exact) mass is 436 g/mol. The number of aryl methyl sites for hydroxylation is 1.